The number of ether oxygens (including phenoxy) is 3. The number of hydrogen-bond donors (Lipinski definition) is 7. The molecule has 17 nitrogen and oxygen atoms in total. The number of carboxylic acids is 1. The number of carbonyl (C=O) groups is 2. The van der Waals surface area contributed by atoms with Crippen molar-refractivity contribution in [2.75, 3.05) is 13.7 Å². The summed E-state index contributed by atoms with van der Waals surface area (Å²) in [4.78, 5) is 48.6. The number of allylic oxidation sites excluding steroid dienone is 1. The normalized spacial score (nSPS) is 24.6. The lowest BCUT2D eigenvalue weighted by molar-refractivity contribution is -1.07. The van der Waals surface area contributed by atoms with E-state index in [2.05, 4.69) is 16.4 Å². The number of aliphatic carboxylic acids is 1. The van der Waals surface area contributed by atoms with Gasteiger partial charge in [0, 0.05) is 24.4 Å². The molecule has 310 valence electrons. The number of quaternary nitrogens is 1. The van der Waals surface area contributed by atoms with Gasteiger partial charge in [0.2, 0.25) is 18.7 Å². The number of phenols is 1. The van der Waals surface area contributed by atoms with Crippen molar-refractivity contribution in [3.8, 4) is 22.6 Å². The zero-order valence-corrected chi connectivity index (χ0v) is 31.9. The third-order valence-electron chi connectivity index (χ3n) is 10.3. The minimum atomic E-state index is -2.31. The lowest BCUT2D eigenvalue weighted by Crippen LogP contribution is -3.07. The summed E-state index contributed by atoms with van der Waals surface area (Å²) >= 11 is 0. The third-order valence-corrected chi connectivity index (χ3v) is 10.3. The Morgan fingerprint density at radius 3 is 2.56 bits per heavy atom. The SMILES string of the molecule is CN[C@H](C(=O)[O-])C(=O)O[C@H](O)[C@@H]1O[C@H](Oc2ccc3c(=O)c(-c4ccc(O)cc4)coc3c2)[C@H](O[NH+]2C=C3C=CN=C3C2c2cc(C)cc(CCCCO)c2)[C@H](O)[C@H]1O. The molecule has 4 aromatic rings. The number of hydroxylamine groups is 2. The van der Waals surface area contributed by atoms with Gasteiger partial charge >= 0.3 is 5.97 Å². The first-order valence-corrected chi connectivity index (χ1v) is 18.9. The van der Waals surface area contributed by atoms with Gasteiger partial charge in [0.1, 0.15) is 53.5 Å². The third kappa shape index (κ3) is 8.68. The molecule has 1 fully saturated rings. The van der Waals surface area contributed by atoms with E-state index < -0.39 is 61.0 Å². The van der Waals surface area contributed by atoms with E-state index in [4.69, 9.17) is 23.5 Å². The predicted octanol–water partition coefficient (Wildman–Crippen LogP) is -0.394. The molecule has 1 saturated heterocycles. The molecule has 0 saturated carbocycles. The molecule has 0 aliphatic carbocycles. The van der Waals surface area contributed by atoms with Crippen molar-refractivity contribution in [3.05, 3.63) is 118 Å². The van der Waals surface area contributed by atoms with Gasteiger partial charge in [-0.25, -0.2) is 4.79 Å². The van der Waals surface area contributed by atoms with Gasteiger partial charge in [0.25, 0.3) is 0 Å². The molecule has 0 bridgehead atoms. The molecule has 7 N–H and O–H groups in total. The molecule has 17 heteroatoms. The Kier molecular flexibility index (Phi) is 12.4. The number of nitrogens with zero attached hydrogens (tertiary/aromatic N) is 1. The lowest BCUT2D eigenvalue weighted by atomic mass is 9.95. The molecular weight excluding hydrogens is 770 g/mol. The summed E-state index contributed by atoms with van der Waals surface area (Å²) in [6.07, 6.45) is -2.65. The van der Waals surface area contributed by atoms with E-state index in [1.165, 1.54) is 36.6 Å². The number of aliphatic hydroxyl groups excluding tert-OH is 4. The zero-order chi connectivity index (χ0) is 42.0. The van der Waals surface area contributed by atoms with Crippen LogP contribution in [-0.4, -0.2) is 99.9 Å². The number of likely N-dealkylation sites (N-methyl/N-ethyl adjacent to an activating group) is 1. The molecular formula is C42H43N3O14. The fourth-order valence-electron chi connectivity index (χ4n) is 7.38. The maximum atomic E-state index is 13.5. The van der Waals surface area contributed by atoms with Crippen LogP contribution in [0.25, 0.3) is 22.1 Å². The highest BCUT2D eigenvalue weighted by Crippen LogP contribution is 2.32. The summed E-state index contributed by atoms with van der Waals surface area (Å²) in [6, 6.07) is 13.8. The van der Waals surface area contributed by atoms with E-state index in [0.717, 1.165) is 42.2 Å². The maximum absolute atomic E-state index is 13.5. The molecule has 3 aliphatic heterocycles. The van der Waals surface area contributed by atoms with Gasteiger partial charge in [-0.2, -0.15) is 9.90 Å². The van der Waals surface area contributed by atoms with Gasteiger partial charge in [-0.15, -0.1) is 0 Å². The number of aliphatic imine (C=N–C) groups is 1. The summed E-state index contributed by atoms with van der Waals surface area (Å²) in [5.41, 5.74) is 4.77. The van der Waals surface area contributed by atoms with E-state index in [1.54, 1.807) is 30.6 Å². The average molecular weight is 814 g/mol. The number of aliphatic hydroxyl groups is 4. The summed E-state index contributed by atoms with van der Waals surface area (Å²) in [6.45, 7) is 2.04. The topological polar surface area (TPSA) is 254 Å². The molecule has 59 heavy (non-hydrogen) atoms. The van der Waals surface area contributed by atoms with Crippen molar-refractivity contribution in [1.82, 2.24) is 5.32 Å². The van der Waals surface area contributed by atoms with E-state index in [1.807, 2.05) is 19.1 Å². The van der Waals surface area contributed by atoms with Crippen LogP contribution in [-0.2, 0) is 30.3 Å². The Morgan fingerprint density at radius 2 is 1.83 bits per heavy atom. The summed E-state index contributed by atoms with van der Waals surface area (Å²) < 4.78 is 23.0. The number of benzene rings is 3. The Labute approximate surface area is 336 Å². The van der Waals surface area contributed by atoms with Crippen LogP contribution in [0.15, 0.2) is 105 Å². The number of aryl methyl sites for hydroxylation is 2. The Bertz CT molecular complexity index is 2360. The molecule has 9 atom stereocenters. The van der Waals surface area contributed by atoms with Crippen LogP contribution in [0.4, 0.5) is 0 Å². The minimum absolute atomic E-state index is 0.0276. The monoisotopic (exact) mass is 813 g/mol. The van der Waals surface area contributed by atoms with E-state index in [9.17, 15) is 45.0 Å². The number of phenolic OH excluding ortho intramolecular Hbond substituents is 1. The number of carboxylic acid groups (broad SMARTS) is 1. The highest BCUT2D eigenvalue weighted by atomic mass is 16.8. The van der Waals surface area contributed by atoms with E-state index in [0.29, 0.717) is 22.8 Å². The smallest absolute Gasteiger partial charge is 0.331 e. The second-order valence-electron chi connectivity index (χ2n) is 14.4. The molecule has 7 rings (SSSR count). The second-order valence-corrected chi connectivity index (χ2v) is 14.4. The molecule has 0 amide bonds. The molecule has 0 spiro atoms. The van der Waals surface area contributed by atoms with Crippen molar-refractivity contribution in [2.45, 2.75) is 75.3 Å². The largest absolute Gasteiger partial charge is 0.548 e. The average Bonchev–Trinajstić information content (AvgIpc) is 3.79. The molecule has 3 aliphatic rings. The number of unbranched alkanes of at least 4 members (excludes halogenated alkanes) is 1. The van der Waals surface area contributed by atoms with Crippen molar-refractivity contribution in [2.24, 2.45) is 4.99 Å². The number of carbonyl (C=O) groups excluding carboxylic acids is 2. The Morgan fingerprint density at radius 1 is 1.05 bits per heavy atom. The first-order chi connectivity index (χ1) is 28.4. The number of aromatic hydroxyl groups is 1. The highest BCUT2D eigenvalue weighted by molar-refractivity contribution is 6.08. The maximum Gasteiger partial charge on any atom is 0.331 e. The number of fused-ring (bicyclic) bond motifs is 2. The summed E-state index contributed by atoms with van der Waals surface area (Å²) in [7, 11) is 1.16. The van der Waals surface area contributed by atoms with Crippen LogP contribution in [0.2, 0.25) is 0 Å². The van der Waals surface area contributed by atoms with Crippen LogP contribution >= 0.6 is 0 Å². The molecule has 2 unspecified atom stereocenters. The summed E-state index contributed by atoms with van der Waals surface area (Å²) in [5, 5.41) is 67.2. The van der Waals surface area contributed by atoms with Gasteiger partial charge < -0.3 is 59.4 Å². The highest BCUT2D eigenvalue weighted by Gasteiger charge is 2.54. The van der Waals surface area contributed by atoms with Crippen molar-refractivity contribution < 1.29 is 68.8 Å². The Balaban J connectivity index is 1.21. The van der Waals surface area contributed by atoms with Crippen molar-refractivity contribution in [1.29, 1.82) is 0 Å². The molecule has 3 aromatic carbocycles. The fourth-order valence-corrected chi connectivity index (χ4v) is 7.38. The fraction of sp³-hybridized carbons (Fsp3) is 0.333. The number of esters is 1. The van der Waals surface area contributed by atoms with Crippen molar-refractivity contribution >= 4 is 28.6 Å². The van der Waals surface area contributed by atoms with Crippen LogP contribution in [0.5, 0.6) is 11.5 Å². The first-order valence-electron chi connectivity index (χ1n) is 18.9. The Hall–Kier alpha value is -5.76. The second kappa shape index (κ2) is 17.6. The van der Waals surface area contributed by atoms with Crippen LogP contribution in [0.1, 0.15) is 35.6 Å². The number of nitrogens with one attached hydrogen (secondary N) is 2. The quantitative estimate of drug-likeness (QED) is 0.0349. The number of hydrogen-bond acceptors (Lipinski definition) is 16. The molecule has 0 radical (unpaired) electrons. The minimum Gasteiger partial charge on any atom is -0.548 e. The van der Waals surface area contributed by atoms with Gasteiger partial charge in [-0.3, -0.25) is 9.79 Å². The molecule has 4 heterocycles. The van der Waals surface area contributed by atoms with E-state index in [-0.39, 0.29) is 40.1 Å². The van der Waals surface area contributed by atoms with E-state index >= 15 is 0 Å². The predicted molar refractivity (Wildman–Crippen MR) is 205 cm³/mol. The van der Waals surface area contributed by atoms with Gasteiger partial charge in [0.15, 0.2) is 17.6 Å². The summed E-state index contributed by atoms with van der Waals surface area (Å²) in [5.74, 6) is -3.23. The molecule has 1 aromatic heterocycles. The van der Waals surface area contributed by atoms with Crippen molar-refractivity contribution in [3.63, 3.8) is 0 Å². The van der Waals surface area contributed by atoms with Crippen LogP contribution in [0.3, 0.4) is 0 Å². The number of rotatable bonds is 15. The van der Waals surface area contributed by atoms with Crippen LogP contribution < -0.4 is 25.7 Å². The van der Waals surface area contributed by atoms with Gasteiger partial charge in [-0.1, -0.05) is 23.8 Å². The zero-order valence-electron chi connectivity index (χ0n) is 31.9. The van der Waals surface area contributed by atoms with Crippen LogP contribution in [0, 0.1) is 6.92 Å². The first kappa shape index (κ1) is 41.4. The van der Waals surface area contributed by atoms with Gasteiger partial charge in [0.05, 0.1) is 22.5 Å². The standard InChI is InChI=1S/C42H43N3O14/c1-21-15-22(5-3-4-14-46)17-25(16-21)33-31-24(12-13-44-31)19-45(33)59-38-36(50)35(49)37(41(54)58-40(53)32(43-2)39(51)52)57-42(38)56-27-10-11-28-30(18-27)55-20-29(34(28)48)23-6-8-26(47)9-7-23/h6-13,15-20,32-33,35-38,41-43,46-47,49-50,54H,3-5,14H2,1-2H3,(H,51,52)/t32-,33?,35-,36-,37-,38-,41+,42+/m1/s1. The lowest BCUT2D eigenvalue weighted by Gasteiger charge is -2.42. The van der Waals surface area contributed by atoms with Gasteiger partial charge in [-0.05, 0) is 86.8 Å².